The number of anilines is 6. The topological polar surface area (TPSA) is 16.3 Å². The Morgan fingerprint density at radius 2 is 0.603 bits per heavy atom. The van der Waals surface area contributed by atoms with E-state index in [1.54, 1.807) is 0 Å². The highest BCUT2D eigenvalue weighted by Crippen LogP contribution is 2.54. The smallest absolute Gasteiger partial charge is 0.252 e. The van der Waals surface area contributed by atoms with Gasteiger partial charge in [0.25, 0.3) is 6.71 Å². The van der Waals surface area contributed by atoms with E-state index in [1.165, 1.54) is 0 Å². The SMILES string of the molecule is [2H]c1c([2H])c([2H])c2c(c1[2H])c1cc(C(C)(C)C)ccc1n2-c1ccc2c(c1)N(c1cc(-c3cccc(CC(C)(C)C)c3)c(C([2H])([2H])C(C)(C)C)cc1-c1cccc(CC(C)(C)C)c1)c1cc(C([2H])([2H])C(C)(C)C)cc3c1B2c1ccc(-n2c4ccc(C(C)(C)C)cc4c4c([2H])c([2H])c([2H])c([2H])c42)cc1N3c1cc(-c2cccc(CC(C)(C)C)c2)c(C([2H])([2H])C(C)(C)C)cc1-c1cccc(CC(C)(C)C)c1. The molecule has 126 heavy (non-hydrogen) atoms. The molecule has 17 rings (SSSR count). The summed E-state index contributed by atoms with van der Waals surface area (Å²) in [7, 11) is 0. The first kappa shape index (κ1) is 71.2. The van der Waals surface area contributed by atoms with Gasteiger partial charge in [-0.15, -0.1) is 0 Å². The number of benzene rings is 13. The highest BCUT2D eigenvalue weighted by atomic mass is 15.2. The zero-order chi connectivity index (χ0) is 102. The molecule has 0 N–H and O–H groups in total. The van der Waals surface area contributed by atoms with Crippen molar-refractivity contribution in [1.82, 2.24) is 9.13 Å². The fourth-order valence-electron chi connectivity index (χ4n) is 19.5. The first-order valence-corrected chi connectivity index (χ1v) is 45.6. The van der Waals surface area contributed by atoms with E-state index < -0.39 is 42.1 Å². The lowest BCUT2D eigenvalue weighted by Gasteiger charge is -2.46. The van der Waals surface area contributed by atoms with Crippen LogP contribution in [-0.4, -0.2) is 15.8 Å². The lowest BCUT2D eigenvalue weighted by atomic mass is 9.33. The second kappa shape index (κ2) is 31.6. The van der Waals surface area contributed by atoms with Crippen molar-refractivity contribution < 1.29 is 19.2 Å². The maximum Gasteiger partial charge on any atom is 0.252 e. The van der Waals surface area contributed by atoms with Crippen LogP contribution in [0, 0.1) is 37.9 Å². The zero-order valence-corrected chi connectivity index (χ0v) is 79.8. The Labute approximate surface area is 775 Å². The Kier molecular flexibility index (Phi) is 17.8. The summed E-state index contributed by atoms with van der Waals surface area (Å²) in [5, 5.41) is 2.02. The maximum atomic E-state index is 11.2. The van der Waals surface area contributed by atoms with Gasteiger partial charge in [0.05, 0.1) is 44.4 Å². The fourth-order valence-corrected chi connectivity index (χ4v) is 19.5. The molecule has 13 aromatic carbocycles. The van der Waals surface area contributed by atoms with Crippen molar-refractivity contribution in [2.45, 2.75) is 243 Å². The van der Waals surface area contributed by atoms with Gasteiger partial charge in [-0.05, 0) is 290 Å². The van der Waals surface area contributed by atoms with E-state index in [0.29, 0.717) is 143 Å². The molecular weight excluding hydrogens is 1520 g/mol. The molecule has 2 aliphatic heterocycles. The van der Waals surface area contributed by atoms with Crippen LogP contribution < -0.4 is 26.2 Å². The summed E-state index contributed by atoms with van der Waals surface area (Å²) in [6.07, 6.45) is -3.43. The van der Waals surface area contributed by atoms with Gasteiger partial charge < -0.3 is 18.9 Å². The Hall–Kier alpha value is -10.9. The van der Waals surface area contributed by atoms with Crippen molar-refractivity contribution in [2.24, 2.45) is 37.9 Å². The number of para-hydroxylation sites is 2. The molecule has 0 saturated carbocycles. The van der Waals surface area contributed by atoms with Gasteiger partial charge in [-0.25, -0.2) is 0 Å². The molecule has 5 heteroatoms. The fraction of sp³-hybridized carbons (Fsp3) is 0.355. The molecule has 0 atom stereocenters. The summed E-state index contributed by atoms with van der Waals surface area (Å²) in [5.74, 6) is 0. The van der Waals surface area contributed by atoms with Crippen LogP contribution >= 0.6 is 0 Å². The second-order valence-electron chi connectivity index (χ2n) is 46.3. The number of nitrogens with zero attached hydrogens (tertiary/aromatic N) is 4. The van der Waals surface area contributed by atoms with E-state index in [0.717, 1.165) is 72.0 Å². The molecule has 644 valence electrons. The van der Waals surface area contributed by atoms with Gasteiger partial charge in [-0.1, -0.05) is 345 Å². The van der Waals surface area contributed by atoms with E-state index in [9.17, 15) is 19.2 Å². The minimum absolute atomic E-state index is 0.146. The van der Waals surface area contributed by atoms with Gasteiger partial charge in [0.1, 0.15) is 0 Å². The van der Waals surface area contributed by atoms with E-state index in [2.05, 4.69) is 329 Å². The third-order valence-corrected chi connectivity index (χ3v) is 24.3. The molecule has 0 bridgehead atoms. The normalized spacial score (nSPS) is 15.6. The van der Waals surface area contributed by atoms with Crippen LogP contribution in [0.2, 0.25) is 0 Å². The van der Waals surface area contributed by atoms with Gasteiger partial charge in [-0.2, -0.15) is 0 Å². The van der Waals surface area contributed by atoms with Crippen LogP contribution in [0.5, 0.6) is 0 Å². The van der Waals surface area contributed by atoms with E-state index in [1.807, 2.05) is 83.6 Å². The molecule has 2 aliphatic rings. The van der Waals surface area contributed by atoms with E-state index in [4.69, 9.17) is 0 Å². The average Bonchev–Trinajstić information content (AvgIpc) is 0.818. The van der Waals surface area contributed by atoms with Crippen LogP contribution in [0.4, 0.5) is 34.1 Å². The lowest BCUT2D eigenvalue weighted by Crippen LogP contribution is -2.61. The summed E-state index contributed by atoms with van der Waals surface area (Å²) in [6, 6.07) is 69.9. The molecule has 0 saturated heterocycles. The van der Waals surface area contributed by atoms with Gasteiger partial charge in [0.2, 0.25) is 0 Å². The molecule has 0 spiro atoms. The van der Waals surface area contributed by atoms with Gasteiger partial charge >= 0.3 is 0 Å². The quantitative estimate of drug-likeness (QED) is 0.0951. The van der Waals surface area contributed by atoms with Crippen LogP contribution in [0.15, 0.2) is 255 Å². The van der Waals surface area contributed by atoms with Crippen molar-refractivity contribution in [3.05, 3.63) is 305 Å². The molecule has 0 amide bonds. The molecular formula is C121H137BN4. The molecule has 4 nitrogen and oxygen atoms in total. The van der Waals surface area contributed by atoms with Crippen LogP contribution in [-0.2, 0) is 55.6 Å². The first-order chi connectivity index (χ1) is 64.7. The maximum absolute atomic E-state index is 11.2. The third kappa shape index (κ3) is 17.9. The summed E-state index contributed by atoms with van der Waals surface area (Å²) in [5.41, 5.74) is 17.8. The second-order valence-corrected chi connectivity index (χ2v) is 46.3. The van der Waals surface area contributed by atoms with E-state index >= 15 is 0 Å². The highest BCUT2D eigenvalue weighted by molar-refractivity contribution is 7.00. The predicted molar refractivity (Wildman–Crippen MR) is 550 cm³/mol. The third-order valence-electron chi connectivity index (χ3n) is 24.3. The summed E-state index contributed by atoms with van der Waals surface area (Å²) >= 11 is 0. The molecule has 0 aliphatic carbocycles. The number of fused-ring (bicyclic) bond motifs is 10. The number of rotatable bonds is 15. The molecule has 0 fully saturated rings. The summed E-state index contributed by atoms with van der Waals surface area (Å²) < 4.78 is 148. The van der Waals surface area contributed by atoms with Crippen LogP contribution in [0.1, 0.15) is 256 Å². The standard InChI is InChI=1S/C121H137BN4/c1-113(2,3)70-77-36-32-40-82(56-77)94-68-106(96(62-86(94)75-118(16,17)18)84-42-34-38-79(58-84)72-115(7,8)9)125-108-66-90(123-102-46-30-28-44-92(102)98-64-88(120(22,23)24)48-54-104(98)123)50-52-100(108)122-101-53-51-91(124-103-47-31-29-45-93(103)99-65-89(121(25,26)27)49-55-105(99)124)67-109(101)126(111-61-81(74-117(13,14)15)60-110(125)112(111)122)107-69-95(83-41-33-37-78(57-83)71-114(4,5)6)87(76-119(19,20)21)63-97(107)85-43-35-39-80(59-85)73-116(10,11)12/h28-69H,70-76H2,1-27H3/i28D,29D,30D,31D,44D,45D,46D,47D,74D2,75D2,76D2. The van der Waals surface area contributed by atoms with Crippen molar-refractivity contribution in [2.75, 3.05) is 9.80 Å². The van der Waals surface area contributed by atoms with Gasteiger partial charge in [0, 0.05) is 75.0 Å². The van der Waals surface area contributed by atoms with Gasteiger partial charge in [-0.3, -0.25) is 0 Å². The first-order valence-electron chi connectivity index (χ1n) is 52.6. The van der Waals surface area contributed by atoms with Gasteiger partial charge in [0.15, 0.2) is 0 Å². The number of hydrogen-bond donors (Lipinski definition) is 0. The monoisotopic (exact) mass is 1670 g/mol. The molecule has 15 aromatic rings. The minimum atomic E-state index is -2.20. The van der Waals surface area contributed by atoms with Crippen LogP contribution in [0.3, 0.4) is 0 Å². The van der Waals surface area contributed by atoms with Crippen molar-refractivity contribution in [3.8, 4) is 55.9 Å². The Morgan fingerprint density at radius 1 is 0.270 bits per heavy atom. The number of hydrogen-bond acceptors (Lipinski definition) is 2. The molecule has 2 aromatic heterocycles. The predicted octanol–water partition coefficient (Wildman–Crippen LogP) is 32.3. The average molecular weight is 1670 g/mol. The Bertz CT molecular complexity index is 7160. The Balaban J connectivity index is 1.14. The van der Waals surface area contributed by atoms with Crippen molar-refractivity contribution >= 4 is 101 Å². The molecule has 4 heterocycles. The minimum Gasteiger partial charge on any atom is -0.311 e. The van der Waals surface area contributed by atoms with Crippen molar-refractivity contribution in [3.63, 3.8) is 0 Å². The number of aromatic nitrogens is 2. The van der Waals surface area contributed by atoms with E-state index in [-0.39, 0.29) is 91.9 Å². The largest absolute Gasteiger partial charge is 0.311 e. The molecule has 0 unspecified atom stereocenters. The molecule has 0 radical (unpaired) electrons. The Morgan fingerprint density at radius 3 is 0.929 bits per heavy atom. The summed E-state index contributed by atoms with van der Waals surface area (Å²) in [4.78, 5) is 4.61. The highest BCUT2D eigenvalue weighted by Gasteiger charge is 2.46. The van der Waals surface area contributed by atoms with Crippen LogP contribution in [0.25, 0.3) is 99.5 Å². The lowest BCUT2D eigenvalue weighted by molar-refractivity contribution is 0.410. The summed E-state index contributed by atoms with van der Waals surface area (Å²) in [6.45, 7) is 56.4. The zero-order valence-electron chi connectivity index (χ0n) is 93.8. The van der Waals surface area contributed by atoms with Crippen molar-refractivity contribution in [1.29, 1.82) is 0 Å².